The summed E-state index contributed by atoms with van der Waals surface area (Å²) in [6, 6.07) is 2.81. The molecule has 0 spiro atoms. The zero-order valence-electron chi connectivity index (χ0n) is 12.1. The number of pyridine rings is 1. The summed E-state index contributed by atoms with van der Waals surface area (Å²) in [6.45, 7) is 5.48. The molecule has 0 radical (unpaired) electrons. The third-order valence-corrected chi connectivity index (χ3v) is 2.80. The number of nitrogens with one attached hydrogen (secondary N) is 1. The Morgan fingerprint density at radius 3 is 2.81 bits per heavy atom. The first kappa shape index (κ1) is 16.8. The molecule has 0 aromatic carbocycles. The second-order valence-corrected chi connectivity index (χ2v) is 4.41. The number of thiazole rings is 1. The minimum Gasteiger partial charge on any atom is -0.389 e. The second kappa shape index (κ2) is 8.80. The van der Waals surface area contributed by atoms with Crippen LogP contribution in [0, 0.1) is 0 Å². The molecule has 6 nitrogen and oxygen atoms in total. The van der Waals surface area contributed by atoms with Crippen molar-refractivity contribution >= 4 is 22.8 Å². The molecule has 0 aliphatic heterocycles. The standard InChI is InChI=1S/C12H11N3O3S.C2H6/c1-8(16)12(11-6-19-7-14-11)15-18-5-9-4-10(17)2-3-13-9;1-2/h2-4,6-7H,5H2,1H3,(H,13,17);1-2H3/b15-12+;. The number of carbonyl (C=O) groups excluding carboxylic acids is 1. The lowest BCUT2D eigenvalue weighted by atomic mass is 10.2. The van der Waals surface area contributed by atoms with Crippen molar-refractivity contribution in [1.29, 1.82) is 0 Å². The van der Waals surface area contributed by atoms with Crippen LogP contribution in [0.4, 0.5) is 0 Å². The zero-order valence-corrected chi connectivity index (χ0v) is 12.9. The largest absolute Gasteiger partial charge is 0.389 e. The normalized spacial score (nSPS) is 10.5. The number of hydrogen-bond acceptors (Lipinski definition) is 6. The van der Waals surface area contributed by atoms with Crippen molar-refractivity contribution in [3.05, 3.63) is 50.8 Å². The summed E-state index contributed by atoms with van der Waals surface area (Å²) < 4.78 is 0. The monoisotopic (exact) mass is 307 g/mol. The third kappa shape index (κ3) is 5.31. The van der Waals surface area contributed by atoms with Gasteiger partial charge < -0.3 is 9.82 Å². The Balaban J connectivity index is 0.00000106. The molecular formula is C14H17N3O3S. The van der Waals surface area contributed by atoms with Gasteiger partial charge in [-0.1, -0.05) is 19.0 Å². The Morgan fingerprint density at radius 2 is 2.24 bits per heavy atom. The van der Waals surface area contributed by atoms with E-state index in [1.54, 1.807) is 10.9 Å². The Morgan fingerprint density at radius 1 is 1.48 bits per heavy atom. The number of Topliss-reactive ketones (excluding diaryl/α,β-unsaturated/α-hetero) is 1. The molecule has 0 fully saturated rings. The van der Waals surface area contributed by atoms with Gasteiger partial charge in [-0.3, -0.25) is 9.59 Å². The molecule has 2 aromatic rings. The minimum absolute atomic E-state index is 0.0804. The van der Waals surface area contributed by atoms with Crippen molar-refractivity contribution in [1.82, 2.24) is 9.97 Å². The zero-order chi connectivity index (χ0) is 15.7. The smallest absolute Gasteiger partial charge is 0.183 e. The van der Waals surface area contributed by atoms with Crippen molar-refractivity contribution in [3.63, 3.8) is 0 Å². The van der Waals surface area contributed by atoms with Gasteiger partial charge in [-0.15, -0.1) is 11.3 Å². The van der Waals surface area contributed by atoms with Crippen LogP contribution in [0.3, 0.4) is 0 Å². The fourth-order valence-electron chi connectivity index (χ4n) is 1.36. The molecule has 0 amide bonds. The fourth-order valence-corrected chi connectivity index (χ4v) is 1.90. The predicted octanol–water partition coefficient (Wildman–Crippen LogP) is 2.37. The molecule has 21 heavy (non-hydrogen) atoms. The van der Waals surface area contributed by atoms with Crippen molar-refractivity contribution in [2.24, 2.45) is 5.16 Å². The predicted molar refractivity (Wildman–Crippen MR) is 82.5 cm³/mol. The topological polar surface area (TPSA) is 84.4 Å². The minimum atomic E-state index is -0.229. The lowest BCUT2D eigenvalue weighted by molar-refractivity contribution is -0.111. The maximum atomic E-state index is 11.4. The van der Waals surface area contributed by atoms with E-state index >= 15 is 0 Å². The average molecular weight is 307 g/mol. The van der Waals surface area contributed by atoms with Crippen LogP contribution in [0.25, 0.3) is 0 Å². The van der Waals surface area contributed by atoms with Gasteiger partial charge in [0.25, 0.3) is 0 Å². The molecule has 7 heteroatoms. The molecule has 0 saturated carbocycles. The Hall–Kier alpha value is -2.28. The number of aromatic nitrogens is 2. The van der Waals surface area contributed by atoms with Crippen molar-refractivity contribution < 1.29 is 9.63 Å². The number of oxime groups is 1. The molecule has 0 atom stereocenters. The van der Waals surface area contributed by atoms with E-state index in [4.69, 9.17) is 4.84 Å². The van der Waals surface area contributed by atoms with Crippen molar-refractivity contribution in [2.45, 2.75) is 27.4 Å². The van der Waals surface area contributed by atoms with Gasteiger partial charge in [-0.05, 0) is 0 Å². The number of nitrogens with zero attached hydrogens (tertiary/aromatic N) is 2. The Labute approximate surface area is 126 Å². The SMILES string of the molecule is CC.CC(=O)/C(=N\OCc1cc(=O)cc[nH]1)c1cscn1. The second-order valence-electron chi connectivity index (χ2n) is 3.69. The molecule has 0 saturated heterocycles. The highest BCUT2D eigenvalue weighted by atomic mass is 32.1. The van der Waals surface area contributed by atoms with Gasteiger partial charge in [0, 0.05) is 30.6 Å². The van der Waals surface area contributed by atoms with Crippen LogP contribution >= 0.6 is 11.3 Å². The summed E-state index contributed by atoms with van der Waals surface area (Å²) in [5, 5.41) is 5.50. The summed E-state index contributed by atoms with van der Waals surface area (Å²) in [6.07, 6.45) is 1.52. The van der Waals surface area contributed by atoms with Crippen LogP contribution < -0.4 is 5.43 Å². The molecule has 1 N–H and O–H groups in total. The van der Waals surface area contributed by atoms with Crippen LogP contribution in [-0.4, -0.2) is 21.5 Å². The summed E-state index contributed by atoms with van der Waals surface area (Å²) in [4.78, 5) is 34.5. The summed E-state index contributed by atoms with van der Waals surface area (Å²) in [7, 11) is 0. The molecular weight excluding hydrogens is 290 g/mol. The van der Waals surface area contributed by atoms with Gasteiger partial charge in [0.2, 0.25) is 0 Å². The van der Waals surface area contributed by atoms with Gasteiger partial charge in [0.15, 0.2) is 23.5 Å². The fraction of sp³-hybridized carbons (Fsp3) is 0.286. The number of ketones is 1. The van der Waals surface area contributed by atoms with Gasteiger partial charge in [-0.25, -0.2) is 4.98 Å². The van der Waals surface area contributed by atoms with E-state index in [0.717, 1.165) is 0 Å². The van der Waals surface area contributed by atoms with E-state index in [1.807, 2.05) is 13.8 Å². The van der Waals surface area contributed by atoms with E-state index in [0.29, 0.717) is 11.4 Å². The van der Waals surface area contributed by atoms with Crippen LogP contribution in [-0.2, 0) is 16.2 Å². The highest BCUT2D eigenvalue weighted by Crippen LogP contribution is 2.05. The molecule has 0 aliphatic rings. The molecule has 112 valence electrons. The van der Waals surface area contributed by atoms with E-state index in [1.165, 1.54) is 36.6 Å². The average Bonchev–Trinajstić information content (AvgIpc) is 2.99. The van der Waals surface area contributed by atoms with Crippen LogP contribution in [0.1, 0.15) is 32.2 Å². The number of aromatic amines is 1. The summed E-state index contributed by atoms with van der Waals surface area (Å²) >= 11 is 1.37. The molecule has 0 aliphatic carbocycles. The van der Waals surface area contributed by atoms with E-state index < -0.39 is 0 Å². The number of carbonyl (C=O) groups is 1. The van der Waals surface area contributed by atoms with E-state index in [-0.39, 0.29) is 23.5 Å². The Bertz CT molecular complexity index is 647. The van der Waals surface area contributed by atoms with Gasteiger partial charge in [0.1, 0.15) is 5.69 Å². The lowest BCUT2D eigenvalue weighted by Gasteiger charge is -2.01. The van der Waals surface area contributed by atoms with Gasteiger partial charge in [-0.2, -0.15) is 0 Å². The maximum Gasteiger partial charge on any atom is 0.183 e. The first-order chi connectivity index (χ1) is 10.2. The van der Waals surface area contributed by atoms with Crippen molar-refractivity contribution in [3.8, 4) is 0 Å². The summed E-state index contributed by atoms with van der Waals surface area (Å²) in [5.41, 5.74) is 2.73. The first-order valence-corrected chi connectivity index (χ1v) is 7.38. The van der Waals surface area contributed by atoms with Crippen LogP contribution in [0.15, 0.2) is 39.2 Å². The van der Waals surface area contributed by atoms with E-state index in [2.05, 4.69) is 15.1 Å². The van der Waals surface area contributed by atoms with Crippen LogP contribution in [0.2, 0.25) is 0 Å². The highest BCUT2D eigenvalue weighted by molar-refractivity contribution is 7.07. The molecule has 2 rings (SSSR count). The molecule has 2 aromatic heterocycles. The number of hydrogen-bond donors (Lipinski definition) is 1. The number of H-pyrrole nitrogens is 1. The number of rotatable bonds is 5. The quantitative estimate of drug-likeness (QED) is 0.679. The maximum absolute atomic E-state index is 11.4. The molecule has 0 bridgehead atoms. The first-order valence-electron chi connectivity index (χ1n) is 6.44. The highest BCUT2D eigenvalue weighted by Gasteiger charge is 2.12. The molecule has 0 unspecified atom stereocenters. The Kier molecular flexibility index (Phi) is 7.03. The molecule has 2 heterocycles. The summed E-state index contributed by atoms with van der Waals surface area (Å²) in [5.74, 6) is -0.229. The van der Waals surface area contributed by atoms with E-state index in [9.17, 15) is 9.59 Å². The van der Waals surface area contributed by atoms with Crippen molar-refractivity contribution in [2.75, 3.05) is 0 Å². The van der Waals surface area contributed by atoms with Gasteiger partial charge >= 0.3 is 0 Å². The lowest BCUT2D eigenvalue weighted by Crippen LogP contribution is -2.13. The third-order valence-electron chi connectivity index (χ3n) is 2.22. The van der Waals surface area contributed by atoms with Gasteiger partial charge in [0.05, 0.1) is 11.2 Å². The van der Waals surface area contributed by atoms with Crippen LogP contribution in [0.5, 0.6) is 0 Å².